The topological polar surface area (TPSA) is 42.6 Å². The Labute approximate surface area is 108 Å². The van der Waals surface area contributed by atoms with Crippen LogP contribution in [0.4, 0.5) is 0 Å². The van der Waals surface area contributed by atoms with E-state index in [1.54, 1.807) is 25.5 Å². The van der Waals surface area contributed by atoms with Crippen LogP contribution in [0.1, 0.15) is 23.0 Å². The number of benzene rings is 1. The lowest BCUT2D eigenvalue weighted by Crippen LogP contribution is -2.04. The molecule has 0 saturated heterocycles. The van der Waals surface area contributed by atoms with E-state index in [1.165, 1.54) is 0 Å². The molecule has 1 atom stereocenters. The number of hydrogen-bond acceptors (Lipinski definition) is 3. The van der Waals surface area contributed by atoms with Crippen molar-refractivity contribution < 1.29 is 14.3 Å². The highest BCUT2D eigenvalue weighted by Gasteiger charge is 2.20. The molecule has 0 bridgehead atoms. The molecule has 0 radical (unpaired) electrons. The lowest BCUT2D eigenvalue weighted by atomic mass is 10.0. The van der Waals surface area contributed by atoms with Crippen molar-refractivity contribution in [2.45, 2.75) is 13.0 Å². The SMILES string of the molecule is COc1cc(Br)cc(C)c1C(O)c1ccco1. The first-order valence-corrected chi connectivity index (χ1v) is 5.98. The van der Waals surface area contributed by atoms with Crippen molar-refractivity contribution in [3.05, 3.63) is 51.9 Å². The molecule has 0 fully saturated rings. The lowest BCUT2D eigenvalue weighted by molar-refractivity contribution is 0.184. The third kappa shape index (κ3) is 2.37. The molecular weight excluding hydrogens is 284 g/mol. The summed E-state index contributed by atoms with van der Waals surface area (Å²) in [5.41, 5.74) is 1.67. The average Bonchev–Trinajstić information content (AvgIpc) is 2.80. The molecule has 17 heavy (non-hydrogen) atoms. The number of aliphatic hydroxyl groups excluding tert-OH is 1. The smallest absolute Gasteiger partial charge is 0.140 e. The minimum absolute atomic E-state index is 0.508. The van der Waals surface area contributed by atoms with Crippen LogP contribution >= 0.6 is 15.9 Å². The Morgan fingerprint density at radius 1 is 1.41 bits per heavy atom. The van der Waals surface area contributed by atoms with Gasteiger partial charge in [0, 0.05) is 10.0 Å². The van der Waals surface area contributed by atoms with Gasteiger partial charge in [-0.1, -0.05) is 15.9 Å². The van der Waals surface area contributed by atoms with Gasteiger partial charge in [0.15, 0.2) is 0 Å². The molecule has 2 aromatic rings. The number of aryl methyl sites for hydroxylation is 1. The number of methoxy groups -OCH3 is 1. The zero-order chi connectivity index (χ0) is 12.4. The van der Waals surface area contributed by atoms with Gasteiger partial charge < -0.3 is 14.3 Å². The number of ether oxygens (including phenoxy) is 1. The molecule has 90 valence electrons. The van der Waals surface area contributed by atoms with Crippen LogP contribution in [-0.2, 0) is 0 Å². The van der Waals surface area contributed by atoms with Crippen molar-refractivity contribution in [3.8, 4) is 5.75 Å². The maximum Gasteiger partial charge on any atom is 0.140 e. The van der Waals surface area contributed by atoms with Crippen LogP contribution in [0, 0.1) is 6.92 Å². The number of furan rings is 1. The maximum absolute atomic E-state index is 10.3. The molecule has 1 aromatic carbocycles. The summed E-state index contributed by atoms with van der Waals surface area (Å²) in [7, 11) is 1.58. The summed E-state index contributed by atoms with van der Waals surface area (Å²) >= 11 is 3.40. The van der Waals surface area contributed by atoms with E-state index in [-0.39, 0.29) is 0 Å². The molecule has 3 nitrogen and oxygen atoms in total. The fourth-order valence-corrected chi connectivity index (χ4v) is 2.38. The van der Waals surface area contributed by atoms with Gasteiger partial charge in [-0.05, 0) is 36.8 Å². The Hall–Kier alpha value is -1.26. The fourth-order valence-electron chi connectivity index (χ4n) is 1.83. The highest BCUT2D eigenvalue weighted by molar-refractivity contribution is 9.10. The molecule has 1 aromatic heterocycles. The van der Waals surface area contributed by atoms with Gasteiger partial charge in [0.1, 0.15) is 17.6 Å². The summed E-state index contributed by atoms with van der Waals surface area (Å²) in [6.45, 7) is 1.93. The molecule has 4 heteroatoms. The highest BCUT2D eigenvalue weighted by Crippen LogP contribution is 2.35. The van der Waals surface area contributed by atoms with Gasteiger partial charge in [-0.2, -0.15) is 0 Å². The molecule has 0 saturated carbocycles. The second kappa shape index (κ2) is 4.94. The van der Waals surface area contributed by atoms with Gasteiger partial charge in [0.2, 0.25) is 0 Å². The van der Waals surface area contributed by atoms with Gasteiger partial charge in [-0.25, -0.2) is 0 Å². The molecule has 0 aliphatic rings. The number of halogens is 1. The van der Waals surface area contributed by atoms with Crippen molar-refractivity contribution in [2.24, 2.45) is 0 Å². The van der Waals surface area contributed by atoms with E-state index in [0.717, 1.165) is 15.6 Å². The minimum atomic E-state index is -0.812. The molecule has 1 unspecified atom stereocenters. The van der Waals surface area contributed by atoms with Crippen molar-refractivity contribution >= 4 is 15.9 Å². The van der Waals surface area contributed by atoms with Crippen molar-refractivity contribution in [1.29, 1.82) is 0 Å². The van der Waals surface area contributed by atoms with Gasteiger partial charge in [-0.3, -0.25) is 0 Å². The second-order valence-electron chi connectivity index (χ2n) is 3.76. The van der Waals surface area contributed by atoms with Crippen LogP contribution in [-0.4, -0.2) is 12.2 Å². The van der Waals surface area contributed by atoms with Crippen molar-refractivity contribution in [1.82, 2.24) is 0 Å². The average molecular weight is 297 g/mol. The zero-order valence-electron chi connectivity index (χ0n) is 9.61. The van der Waals surface area contributed by atoms with E-state index in [2.05, 4.69) is 15.9 Å². The molecule has 1 heterocycles. The fraction of sp³-hybridized carbons (Fsp3) is 0.231. The van der Waals surface area contributed by atoms with E-state index in [1.807, 2.05) is 19.1 Å². The van der Waals surface area contributed by atoms with Gasteiger partial charge in [0.05, 0.1) is 13.4 Å². The van der Waals surface area contributed by atoms with Gasteiger partial charge >= 0.3 is 0 Å². The van der Waals surface area contributed by atoms with E-state index in [4.69, 9.17) is 9.15 Å². The summed E-state index contributed by atoms with van der Waals surface area (Å²) in [6.07, 6.45) is 0.729. The molecular formula is C13H13BrO3. The van der Waals surface area contributed by atoms with E-state index >= 15 is 0 Å². The van der Waals surface area contributed by atoms with Crippen molar-refractivity contribution in [3.63, 3.8) is 0 Å². The monoisotopic (exact) mass is 296 g/mol. The van der Waals surface area contributed by atoms with E-state index in [0.29, 0.717) is 11.5 Å². The molecule has 1 N–H and O–H groups in total. The Bertz CT molecular complexity index is 506. The van der Waals surface area contributed by atoms with Crippen molar-refractivity contribution in [2.75, 3.05) is 7.11 Å². The van der Waals surface area contributed by atoms with Crippen LogP contribution in [0.5, 0.6) is 5.75 Å². The number of rotatable bonds is 3. The van der Waals surface area contributed by atoms with Gasteiger partial charge in [0.25, 0.3) is 0 Å². The lowest BCUT2D eigenvalue weighted by Gasteiger charge is -2.16. The first-order chi connectivity index (χ1) is 8.13. The third-order valence-electron chi connectivity index (χ3n) is 2.62. The van der Waals surface area contributed by atoms with E-state index in [9.17, 15) is 5.11 Å². The normalized spacial score (nSPS) is 12.5. The molecule has 0 aliphatic carbocycles. The maximum atomic E-state index is 10.3. The summed E-state index contributed by atoms with van der Waals surface area (Å²) in [4.78, 5) is 0. The summed E-state index contributed by atoms with van der Waals surface area (Å²) in [5.74, 6) is 1.15. The van der Waals surface area contributed by atoms with Crippen LogP contribution < -0.4 is 4.74 Å². The standard InChI is InChI=1S/C13H13BrO3/c1-8-6-9(14)7-11(16-2)12(8)13(15)10-4-3-5-17-10/h3-7,13,15H,1-2H3. The first kappa shape index (κ1) is 12.2. The Balaban J connectivity index is 2.51. The van der Waals surface area contributed by atoms with Crippen LogP contribution in [0.3, 0.4) is 0 Å². The zero-order valence-corrected chi connectivity index (χ0v) is 11.2. The quantitative estimate of drug-likeness (QED) is 0.943. The highest BCUT2D eigenvalue weighted by atomic mass is 79.9. The van der Waals surface area contributed by atoms with Gasteiger partial charge in [-0.15, -0.1) is 0 Å². The van der Waals surface area contributed by atoms with Crippen LogP contribution in [0.15, 0.2) is 39.4 Å². The first-order valence-electron chi connectivity index (χ1n) is 5.19. The number of aliphatic hydroxyl groups is 1. The molecule has 0 aliphatic heterocycles. The molecule has 2 rings (SSSR count). The predicted molar refractivity (Wildman–Crippen MR) is 68.2 cm³/mol. The third-order valence-corrected chi connectivity index (χ3v) is 3.08. The predicted octanol–water partition coefficient (Wildman–Crippen LogP) is 3.44. The summed E-state index contributed by atoms with van der Waals surface area (Å²) < 4.78 is 11.4. The Kier molecular flexibility index (Phi) is 3.54. The summed E-state index contributed by atoms with van der Waals surface area (Å²) in [5, 5.41) is 10.3. The Morgan fingerprint density at radius 2 is 2.18 bits per heavy atom. The Morgan fingerprint density at radius 3 is 2.76 bits per heavy atom. The van der Waals surface area contributed by atoms with Crippen LogP contribution in [0.25, 0.3) is 0 Å². The second-order valence-corrected chi connectivity index (χ2v) is 4.67. The van der Waals surface area contributed by atoms with E-state index < -0.39 is 6.10 Å². The molecule has 0 spiro atoms. The number of hydrogen-bond donors (Lipinski definition) is 1. The largest absolute Gasteiger partial charge is 0.496 e. The van der Waals surface area contributed by atoms with Crippen LogP contribution in [0.2, 0.25) is 0 Å². The molecule has 0 amide bonds. The summed E-state index contributed by atoms with van der Waals surface area (Å²) in [6, 6.07) is 7.25. The minimum Gasteiger partial charge on any atom is -0.496 e.